The van der Waals surface area contributed by atoms with Gasteiger partial charge in [-0.3, -0.25) is 4.79 Å². The van der Waals surface area contributed by atoms with Gasteiger partial charge in [-0.25, -0.2) is 0 Å². The monoisotopic (exact) mass is 674 g/mol. The van der Waals surface area contributed by atoms with Gasteiger partial charge in [-0.15, -0.1) is 0 Å². The molecule has 0 aliphatic heterocycles. The summed E-state index contributed by atoms with van der Waals surface area (Å²) in [6.07, 6.45) is 52.6. The van der Waals surface area contributed by atoms with Crippen LogP contribution in [0.2, 0.25) is 0 Å². The van der Waals surface area contributed by atoms with Crippen molar-refractivity contribution in [2.24, 2.45) is 0 Å². The second-order valence-corrected chi connectivity index (χ2v) is 14.4. The molecule has 0 aliphatic carbocycles. The molecule has 4 nitrogen and oxygen atoms in total. The molecule has 4 heteroatoms. The van der Waals surface area contributed by atoms with Crippen LogP contribution in [0.4, 0.5) is 0 Å². The molecule has 0 saturated carbocycles. The van der Waals surface area contributed by atoms with E-state index in [1.54, 1.807) is 6.08 Å². The van der Waals surface area contributed by atoms with Crippen LogP contribution in [0.1, 0.15) is 219 Å². The van der Waals surface area contributed by atoms with Crippen molar-refractivity contribution in [3.8, 4) is 0 Å². The van der Waals surface area contributed by atoms with E-state index in [0.717, 1.165) is 44.9 Å². The maximum absolute atomic E-state index is 12.3. The fourth-order valence-electron chi connectivity index (χ4n) is 6.29. The first-order chi connectivity index (χ1) is 23.7. The van der Waals surface area contributed by atoms with Gasteiger partial charge in [0, 0.05) is 6.42 Å². The van der Waals surface area contributed by atoms with Crippen LogP contribution in [0.25, 0.3) is 0 Å². The topological polar surface area (TPSA) is 69.6 Å². The van der Waals surface area contributed by atoms with Crippen LogP contribution < -0.4 is 5.32 Å². The summed E-state index contributed by atoms with van der Waals surface area (Å²) in [6.45, 7) is 4.25. The Morgan fingerprint density at radius 3 is 1.27 bits per heavy atom. The molecule has 2 unspecified atom stereocenters. The van der Waals surface area contributed by atoms with E-state index >= 15 is 0 Å². The Kier molecular flexibility index (Phi) is 38.9. The van der Waals surface area contributed by atoms with Gasteiger partial charge < -0.3 is 15.5 Å². The molecular formula is C44H83NO3. The Balaban J connectivity index is 3.56. The number of aliphatic hydroxyl groups excluding tert-OH is 2. The molecule has 0 radical (unpaired) electrons. The molecule has 0 bridgehead atoms. The summed E-state index contributed by atoms with van der Waals surface area (Å²) in [6, 6.07) is -0.641. The summed E-state index contributed by atoms with van der Waals surface area (Å²) < 4.78 is 0. The lowest BCUT2D eigenvalue weighted by molar-refractivity contribution is -0.123. The SMILES string of the molecule is CCCC/C=C\CCCCCCCC(=O)NC(CO)C(O)/C=C/CC/C=C/CCCCCCCCCCCCCCCCCCCCC. The molecular weight excluding hydrogens is 590 g/mol. The van der Waals surface area contributed by atoms with Crippen molar-refractivity contribution in [1.82, 2.24) is 5.32 Å². The van der Waals surface area contributed by atoms with E-state index in [1.807, 2.05) is 6.08 Å². The number of hydrogen-bond donors (Lipinski definition) is 3. The number of hydrogen-bond acceptors (Lipinski definition) is 3. The van der Waals surface area contributed by atoms with Gasteiger partial charge in [-0.2, -0.15) is 0 Å². The highest BCUT2D eigenvalue weighted by Gasteiger charge is 2.17. The number of nitrogens with one attached hydrogen (secondary N) is 1. The molecule has 282 valence electrons. The zero-order chi connectivity index (χ0) is 35.0. The first-order valence-corrected chi connectivity index (χ1v) is 21.2. The molecule has 0 aromatic carbocycles. The Hall–Kier alpha value is -1.39. The van der Waals surface area contributed by atoms with Gasteiger partial charge in [-0.05, 0) is 51.4 Å². The fourth-order valence-corrected chi connectivity index (χ4v) is 6.29. The number of carbonyl (C=O) groups is 1. The summed E-state index contributed by atoms with van der Waals surface area (Å²) in [7, 11) is 0. The maximum atomic E-state index is 12.3. The molecule has 1 amide bonds. The predicted octanol–water partition coefficient (Wildman–Crippen LogP) is 13.0. The molecule has 0 aliphatic rings. The van der Waals surface area contributed by atoms with Crippen LogP contribution in [0.15, 0.2) is 36.5 Å². The third-order valence-corrected chi connectivity index (χ3v) is 9.60. The van der Waals surface area contributed by atoms with E-state index in [-0.39, 0.29) is 12.5 Å². The summed E-state index contributed by atoms with van der Waals surface area (Å²) in [4.78, 5) is 12.3. The van der Waals surface area contributed by atoms with Crippen molar-refractivity contribution in [2.45, 2.75) is 231 Å². The lowest BCUT2D eigenvalue weighted by Crippen LogP contribution is -2.45. The van der Waals surface area contributed by atoms with Gasteiger partial charge in [0.15, 0.2) is 0 Å². The van der Waals surface area contributed by atoms with Gasteiger partial charge >= 0.3 is 0 Å². The van der Waals surface area contributed by atoms with E-state index in [4.69, 9.17) is 0 Å². The molecule has 0 spiro atoms. The normalized spacial score (nSPS) is 13.3. The smallest absolute Gasteiger partial charge is 0.220 e. The third-order valence-electron chi connectivity index (χ3n) is 9.60. The highest BCUT2D eigenvalue weighted by Crippen LogP contribution is 2.15. The van der Waals surface area contributed by atoms with Crippen LogP contribution in [-0.2, 0) is 4.79 Å². The second kappa shape index (κ2) is 40.0. The first kappa shape index (κ1) is 46.6. The van der Waals surface area contributed by atoms with Gasteiger partial charge in [0.25, 0.3) is 0 Å². The number of unbranched alkanes of at least 4 members (excludes halogenated alkanes) is 27. The van der Waals surface area contributed by atoms with E-state index in [0.29, 0.717) is 6.42 Å². The van der Waals surface area contributed by atoms with Crippen molar-refractivity contribution in [2.75, 3.05) is 6.61 Å². The molecule has 0 heterocycles. The number of amides is 1. The van der Waals surface area contributed by atoms with Crippen LogP contribution in [0.5, 0.6) is 0 Å². The van der Waals surface area contributed by atoms with Crippen molar-refractivity contribution in [1.29, 1.82) is 0 Å². The lowest BCUT2D eigenvalue weighted by atomic mass is 10.0. The Labute approximate surface area is 300 Å². The van der Waals surface area contributed by atoms with E-state index in [2.05, 4.69) is 43.5 Å². The largest absolute Gasteiger partial charge is 0.394 e. The summed E-state index contributed by atoms with van der Waals surface area (Å²) in [5, 5.41) is 22.9. The standard InChI is InChI=1S/C44H83NO3/c1-3-5-7-9-11-13-15-16-17-18-19-20-21-22-23-24-25-26-27-28-30-31-33-35-37-39-43(47)42(41-46)45-44(48)40-38-36-34-32-29-14-12-10-8-6-4-2/h10,12,30-31,37,39,42-43,46-47H,3-9,11,13-29,32-36,38,40-41H2,1-2H3,(H,45,48)/b12-10-,31-30+,39-37+. The highest BCUT2D eigenvalue weighted by atomic mass is 16.3. The lowest BCUT2D eigenvalue weighted by Gasteiger charge is -2.19. The molecule has 0 fully saturated rings. The van der Waals surface area contributed by atoms with Crippen molar-refractivity contribution >= 4 is 5.91 Å². The molecule has 2 atom stereocenters. The Morgan fingerprint density at radius 2 is 0.833 bits per heavy atom. The minimum absolute atomic E-state index is 0.0851. The molecule has 0 saturated heterocycles. The van der Waals surface area contributed by atoms with Crippen molar-refractivity contribution in [3.63, 3.8) is 0 Å². The fraction of sp³-hybridized carbons (Fsp3) is 0.841. The van der Waals surface area contributed by atoms with E-state index in [1.165, 1.54) is 154 Å². The third kappa shape index (κ3) is 35.9. The summed E-state index contributed by atoms with van der Waals surface area (Å²) in [5.41, 5.74) is 0. The summed E-state index contributed by atoms with van der Waals surface area (Å²) >= 11 is 0. The van der Waals surface area contributed by atoms with Crippen LogP contribution >= 0.6 is 0 Å². The molecule has 0 aromatic heterocycles. The van der Waals surface area contributed by atoms with Crippen LogP contribution in [0, 0.1) is 0 Å². The molecule has 48 heavy (non-hydrogen) atoms. The van der Waals surface area contributed by atoms with Crippen molar-refractivity contribution in [3.05, 3.63) is 36.5 Å². The first-order valence-electron chi connectivity index (χ1n) is 21.2. The number of allylic oxidation sites excluding steroid dienone is 5. The highest BCUT2D eigenvalue weighted by molar-refractivity contribution is 5.76. The van der Waals surface area contributed by atoms with Gasteiger partial charge in [0.05, 0.1) is 18.8 Å². The van der Waals surface area contributed by atoms with E-state index in [9.17, 15) is 15.0 Å². The van der Waals surface area contributed by atoms with Crippen LogP contribution in [-0.4, -0.2) is 34.9 Å². The van der Waals surface area contributed by atoms with Gasteiger partial charge in [-0.1, -0.05) is 198 Å². The molecule has 3 N–H and O–H groups in total. The van der Waals surface area contributed by atoms with Crippen LogP contribution in [0.3, 0.4) is 0 Å². The predicted molar refractivity (Wildman–Crippen MR) is 212 cm³/mol. The van der Waals surface area contributed by atoms with Gasteiger partial charge in [0.2, 0.25) is 5.91 Å². The zero-order valence-corrected chi connectivity index (χ0v) is 32.3. The average Bonchev–Trinajstić information content (AvgIpc) is 3.09. The van der Waals surface area contributed by atoms with Gasteiger partial charge in [0.1, 0.15) is 0 Å². The Morgan fingerprint density at radius 1 is 0.479 bits per heavy atom. The average molecular weight is 674 g/mol. The van der Waals surface area contributed by atoms with E-state index < -0.39 is 12.1 Å². The quantitative estimate of drug-likeness (QED) is 0.0451. The zero-order valence-electron chi connectivity index (χ0n) is 32.3. The second-order valence-electron chi connectivity index (χ2n) is 14.4. The minimum Gasteiger partial charge on any atom is -0.394 e. The molecule has 0 rings (SSSR count). The number of carbonyl (C=O) groups excluding carboxylic acids is 1. The number of aliphatic hydroxyl groups is 2. The number of rotatable bonds is 38. The van der Waals surface area contributed by atoms with Crippen molar-refractivity contribution < 1.29 is 15.0 Å². The maximum Gasteiger partial charge on any atom is 0.220 e. The minimum atomic E-state index is -0.863. The Bertz CT molecular complexity index is 731. The summed E-state index contributed by atoms with van der Waals surface area (Å²) in [5.74, 6) is -0.0851. The molecule has 0 aromatic rings.